The van der Waals surface area contributed by atoms with E-state index in [9.17, 15) is 32.4 Å². The minimum Gasteiger partial charge on any atom is -0.379 e. The third kappa shape index (κ3) is 13.4. The third-order valence-electron chi connectivity index (χ3n) is 13.6. The molecule has 0 spiro atoms. The molecule has 2 aromatic rings. The molecule has 2 fully saturated rings. The first-order chi connectivity index (χ1) is 31.0. The number of likely N-dealkylation sites (tertiary alicyclic amines) is 1. The molecule has 0 radical (unpaired) electrons. The molecule has 2 aromatic carbocycles. The number of benzene rings is 2. The monoisotopic (exact) mass is 940 g/mol. The molecular weight excluding hydrogens is 863 g/mol. The number of carbonyl (C=O) groups is 5. The van der Waals surface area contributed by atoms with Gasteiger partial charge in [0.15, 0.2) is 0 Å². The van der Waals surface area contributed by atoms with E-state index in [1.165, 1.54) is 26.4 Å². The fourth-order valence-electron chi connectivity index (χ4n) is 9.43. The Kier molecular flexibility index (Phi) is 19.3. The van der Waals surface area contributed by atoms with Gasteiger partial charge in [0, 0.05) is 39.8 Å². The Morgan fingerprint density at radius 3 is 1.98 bits per heavy atom. The first kappa shape index (κ1) is 54.2. The Hall–Kier alpha value is -4.42. The first-order valence-corrected chi connectivity index (χ1v) is 24.9. The summed E-state index contributed by atoms with van der Waals surface area (Å²) < 4.78 is 41.1. The normalized spacial score (nSPS) is 19.6. The van der Waals surface area contributed by atoms with Crippen molar-refractivity contribution in [2.24, 2.45) is 29.4 Å². The maximum absolute atomic E-state index is 14.4. The molecule has 0 aromatic heterocycles. The summed E-state index contributed by atoms with van der Waals surface area (Å²) in [6.07, 6.45) is 1.95. The largest absolute Gasteiger partial charge is 0.379 e. The summed E-state index contributed by atoms with van der Waals surface area (Å²) >= 11 is 0. The van der Waals surface area contributed by atoms with Crippen LogP contribution in [0.5, 0.6) is 0 Å². The molecular formula is C49H77N7O9S. The molecule has 4 rings (SSSR count). The van der Waals surface area contributed by atoms with E-state index in [4.69, 9.17) is 15.2 Å². The molecule has 9 atom stereocenters. The molecule has 1 saturated carbocycles. The van der Waals surface area contributed by atoms with Crippen LogP contribution in [0.15, 0.2) is 59.5 Å². The van der Waals surface area contributed by atoms with Gasteiger partial charge in [-0.2, -0.15) is 0 Å². The van der Waals surface area contributed by atoms with Crippen LogP contribution in [0.4, 0.5) is 0 Å². The Bertz CT molecular complexity index is 2060. The zero-order valence-electron chi connectivity index (χ0n) is 41.2. The maximum atomic E-state index is 14.4. The van der Waals surface area contributed by atoms with E-state index in [1.807, 2.05) is 66.6 Å². The number of ether oxygens (including phenoxy) is 2. The maximum Gasteiger partial charge on any atom is 0.264 e. The molecule has 0 unspecified atom stereocenters. The van der Waals surface area contributed by atoms with Crippen LogP contribution in [0, 0.1) is 23.7 Å². The van der Waals surface area contributed by atoms with Gasteiger partial charge in [0.25, 0.3) is 15.9 Å². The second-order valence-electron chi connectivity index (χ2n) is 19.4. The summed E-state index contributed by atoms with van der Waals surface area (Å²) in [5.74, 6) is -3.38. The molecule has 1 aliphatic carbocycles. The van der Waals surface area contributed by atoms with Crippen molar-refractivity contribution >= 4 is 39.6 Å². The van der Waals surface area contributed by atoms with Gasteiger partial charge >= 0.3 is 0 Å². The lowest BCUT2D eigenvalue weighted by atomic mass is 9.89. The summed E-state index contributed by atoms with van der Waals surface area (Å²) in [4.78, 5) is 75.4. The standard InChI is InChI=1S/C49H77N7O9S/c1-13-32(6)43(55(10)48(61)41(30(2)3)52-47(60)42(31(4)5)54(8)9)39(64-11)29-40(57)56-27-17-20-38(56)44(65-12)33(7)45(58)51-37(28-34-18-15-14-16-19-34)46(59)53-66(62,63)36-23-21-35(22-24-36)49(50)25-26-49/h14-16,18-19,21-24,30-33,37-39,41-44H,13,17,20,25-29,50H2,1-12H3,(H,51,58)(H,52,60)(H,53,59)/t32-,33+,37-,38-,39-,41-,42-,43-,44+/m0/s1. The van der Waals surface area contributed by atoms with Crippen molar-refractivity contribution in [3.63, 3.8) is 0 Å². The lowest BCUT2D eigenvalue weighted by molar-refractivity contribution is -0.148. The Morgan fingerprint density at radius 1 is 0.848 bits per heavy atom. The predicted molar refractivity (Wildman–Crippen MR) is 254 cm³/mol. The van der Waals surface area contributed by atoms with Crippen molar-refractivity contribution in [2.45, 2.75) is 146 Å². The van der Waals surface area contributed by atoms with Crippen LogP contribution in [-0.2, 0) is 55.4 Å². The molecule has 66 heavy (non-hydrogen) atoms. The lowest BCUT2D eigenvalue weighted by Gasteiger charge is -2.41. The van der Waals surface area contributed by atoms with Crippen molar-refractivity contribution in [3.8, 4) is 0 Å². The highest BCUT2D eigenvalue weighted by molar-refractivity contribution is 7.90. The number of sulfonamides is 1. The van der Waals surface area contributed by atoms with Crippen LogP contribution in [0.2, 0.25) is 0 Å². The summed E-state index contributed by atoms with van der Waals surface area (Å²) in [5.41, 5.74) is 7.34. The fraction of sp³-hybridized carbons (Fsp3) is 0.653. The lowest BCUT2D eigenvalue weighted by Crippen LogP contribution is -2.59. The highest BCUT2D eigenvalue weighted by Gasteiger charge is 2.44. The van der Waals surface area contributed by atoms with Gasteiger partial charge in [-0.05, 0) is 80.8 Å². The molecule has 5 amide bonds. The SMILES string of the molecule is CC[C@H](C)[C@@H]([C@H](CC(=O)N1CCC[C@H]1[C@H](OC)[C@@H](C)C(=O)N[C@@H](Cc1ccccc1)C(=O)NS(=O)(=O)c1ccc(C2(N)CC2)cc1)OC)N(C)C(=O)[C@@H](NC(=O)[C@H](C(C)C)N(C)C)C(C)C. The fourth-order valence-corrected chi connectivity index (χ4v) is 10.4. The number of hydrogen-bond donors (Lipinski definition) is 4. The Labute approximate surface area is 393 Å². The van der Waals surface area contributed by atoms with Crippen molar-refractivity contribution < 1.29 is 41.9 Å². The van der Waals surface area contributed by atoms with Crippen LogP contribution in [0.1, 0.15) is 98.1 Å². The van der Waals surface area contributed by atoms with Crippen molar-refractivity contribution in [2.75, 3.05) is 41.9 Å². The van der Waals surface area contributed by atoms with Crippen molar-refractivity contribution in [3.05, 3.63) is 65.7 Å². The smallest absolute Gasteiger partial charge is 0.264 e. The van der Waals surface area contributed by atoms with Crippen LogP contribution in [-0.4, -0.2) is 137 Å². The summed E-state index contributed by atoms with van der Waals surface area (Å²) in [7, 11) is 4.06. The molecule has 368 valence electrons. The summed E-state index contributed by atoms with van der Waals surface area (Å²) in [6.45, 7) is 13.8. The number of nitrogens with zero attached hydrogens (tertiary/aromatic N) is 3. The number of likely N-dealkylation sites (N-methyl/N-ethyl adjacent to an activating group) is 2. The van der Waals surface area contributed by atoms with Gasteiger partial charge in [0.05, 0.1) is 47.6 Å². The highest BCUT2D eigenvalue weighted by atomic mass is 32.2. The molecule has 2 aliphatic rings. The molecule has 0 bridgehead atoms. The average Bonchev–Trinajstić information content (AvgIpc) is 3.84. The Morgan fingerprint density at radius 2 is 1.47 bits per heavy atom. The topological polar surface area (TPSA) is 210 Å². The van der Waals surface area contributed by atoms with E-state index < -0.39 is 75.7 Å². The molecule has 1 aliphatic heterocycles. The molecule has 17 heteroatoms. The van der Waals surface area contributed by atoms with Crippen LogP contribution in [0.25, 0.3) is 0 Å². The number of nitrogens with two attached hydrogens (primary N) is 1. The van der Waals surface area contributed by atoms with E-state index in [-0.39, 0.29) is 53.2 Å². The van der Waals surface area contributed by atoms with Gasteiger partial charge in [-0.25, -0.2) is 13.1 Å². The quantitative estimate of drug-likeness (QED) is 0.119. The highest BCUT2D eigenvalue weighted by Crippen LogP contribution is 2.42. The van der Waals surface area contributed by atoms with Crippen LogP contribution < -0.4 is 21.1 Å². The zero-order valence-corrected chi connectivity index (χ0v) is 42.0. The minimum absolute atomic E-state index is 0.00646. The third-order valence-corrected chi connectivity index (χ3v) is 15.0. The Balaban J connectivity index is 1.51. The first-order valence-electron chi connectivity index (χ1n) is 23.4. The van der Waals surface area contributed by atoms with E-state index >= 15 is 0 Å². The van der Waals surface area contributed by atoms with E-state index in [1.54, 1.807) is 60.2 Å². The molecule has 1 heterocycles. The molecule has 5 N–H and O–H groups in total. The van der Waals surface area contributed by atoms with E-state index in [2.05, 4.69) is 15.4 Å². The van der Waals surface area contributed by atoms with Gasteiger partial charge in [0.1, 0.15) is 12.1 Å². The van der Waals surface area contributed by atoms with Crippen LogP contribution in [0.3, 0.4) is 0 Å². The molecule has 1 saturated heterocycles. The molecule has 16 nitrogen and oxygen atoms in total. The summed E-state index contributed by atoms with van der Waals surface area (Å²) in [5, 5.41) is 5.83. The number of rotatable bonds is 24. The second-order valence-corrected chi connectivity index (χ2v) is 21.1. The zero-order chi connectivity index (χ0) is 49.3. The number of amides is 5. The number of carbonyl (C=O) groups excluding carboxylic acids is 5. The number of nitrogens with one attached hydrogen (secondary N) is 3. The van der Waals surface area contributed by atoms with E-state index in [0.717, 1.165) is 18.4 Å². The number of hydrogen-bond acceptors (Lipinski definition) is 11. The van der Waals surface area contributed by atoms with Crippen LogP contribution >= 0.6 is 0 Å². The van der Waals surface area contributed by atoms with Gasteiger partial charge in [-0.3, -0.25) is 28.9 Å². The summed E-state index contributed by atoms with van der Waals surface area (Å²) in [6, 6.07) is 11.5. The van der Waals surface area contributed by atoms with Gasteiger partial charge in [0.2, 0.25) is 23.6 Å². The van der Waals surface area contributed by atoms with Gasteiger partial charge < -0.3 is 35.6 Å². The second kappa shape index (κ2) is 23.5. The average molecular weight is 940 g/mol. The minimum atomic E-state index is -4.31. The predicted octanol–water partition coefficient (Wildman–Crippen LogP) is 3.81. The van der Waals surface area contributed by atoms with Gasteiger partial charge in [-0.1, -0.05) is 97.4 Å². The van der Waals surface area contributed by atoms with Gasteiger partial charge in [-0.15, -0.1) is 0 Å². The van der Waals surface area contributed by atoms with E-state index in [0.29, 0.717) is 31.4 Å². The number of methoxy groups -OCH3 is 2. The van der Waals surface area contributed by atoms with Crippen molar-refractivity contribution in [1.29, 1.82) is 0 Å². The van der Waals surface area contributed by atoms with Crippen molar-refractivity contribution in [1.82, 2.24) is 30.1 Å².